The van der Waals surface area contributed by atoms with Crippen molar-refractivity contribution in [1.82, 2.24) is 0 Å². The minimum Gasteiger partial charge on any atom is -0.465 e. The van der Waals surface area contributed by atoms with Gasteiger partial charge in [0, 0.05) is 50.4 Å². The molecule has 4 aliphatic rings. The van der Waals surface area contributed by atoms with Crippen molar-refractivity contribution in [3.63, 3.8) is 0 Å². The number of aliphatic hydroxyl groups is 1. The third kappa shape index (κ3) is 3.60. The standard InChI is InChI=1S/C25H36O8/c1-13-16-10-18(28)33-25(16,30-6)11-17-19(13)20(29)21(32-15(3)27)22-23(4,12-31-14(2)26)8-7-9-24(17,22)5/h10,13,17,19-22,29H,7-9,11-12H2,1-6H3/t13-,17?,19-,20+,21+,22?,23-,24+,25+/m0/s1. The maximum absolute atomic E-state index is 12.3. The van der Waals surface area contributed by atoms with Gasteiger partial charge in [0.15, 0.2) is 0 Å². The van der Waals surface area contributed by atoms with E-state index in [1.54, 1.807) is 7.11 Å². The van der Waals surface area contributed by atoms with Crippen LogP contribution in [0.1, 0.15) is 60.3 Å². The van der Waals surface area contributed by atoms with Crippen molar-refractivity contribution in [3.05, 3.63) is 11.6 Å². The van der Waals surface area contributed by atoms with Crippen molar-refractivity contribution < 1.29 is 38.4 Å². The van der Waals surface area contributed by atoms with Gasteiger partial charge in [0.2, 0.25) is 5.79 Å². The molecule has 3 aliphatic carbocycles. The molecule has 0 bridgehead atoms. The summed E-state index contributed by atoms with van der Waals surface area (Å²) in [4.78, 5) is 36.1. The summed E-state index contributed by atoms with van der Waals surface area (Å²) >= 11 is 0. The van der Waals surface area contributed by atoms with E-state index in [0.29, 0.717) is 6.42 Å². The van der Waals surface area contributed by atoms with E-state index in [1.165, 1.54) is 19.9 Å². The molecule has 0 aromatic rings. The lowest BCUT2D eigenvalue weighted by Crippen LogP contribution is -2.68. The average molecular weight is 465 g/mol. The van der Waals surface area contributed by atoms with Crippen LogP contribution in [0.4, 0.5) is 0 Å². The van der Waals surface area contributed by atoms with E-state index in [9.17, 15) is 19.5 Å². The first-order valence-corrected chi connectivity index (χ1v) is 11.9. The summed E-state index contributed by atoms with van der Waals surface area (Å²) in [6.45, 7) is 9.15. The van der Waals surface area contributed by atoms with Crippen LogP contribution in [0.25, 0.3) is 0 Å². The van der Waals surface area contributed by atoms with Crippen LogP contribution < -0.4 is 0 Å². The predicted octanol–water partition coefficient (Wildman–Crippen LogP) is 2.77. The number of hydrogen-bond donors (Lipinski definition) is 1. The lowest BCUT2D eigenvalue weighted by molar-refractivity contribution is -0.274. The number of rotatable bonds is 4. The summed E-state index contributed by atoms with van der Waals surface area (Å²) < 4.78 is 22.9. The number of methoxy groups -OCH3 is 1. The molecule has 33 heavy (non-hydrogen) atoms. The molecule has 3 saturated carbocycles. The molecule has 8 heteroatoms. The number of carbonyl (C=O) groups excluding carboxylic acids is 3. The van der Waals surface area contributed by atoms with E-state index < -0.39 is 35.3 Å². The summed E-state index contributed by atoms with van der Waals surface area (Å²) in [5.41, 5.74) is -0.119. The molecule has 4 rings (SSSR count). The largest absolute Gasteiger partial charge is 0.465 e. The highest BCUT2D eigenvalue weighted by Gasteiger charge is 2.69. The number of fused-ring (bicyclic) bond motifs is 4. The van der Waals surface area contributed by atoms with Gasteiger partial charge in [0.1, 0.15) is 6.10 Å². The zero-order chi connectivity index (χ0) is 24.3. The van der Waals surface area contributed by atoms with Crippen molar-refractivity contribution in [2.75, 3.05) is 13.7 Å². The maximum Gasteiger partial charge on any atom is 0.333 e. The molecule has 0 spiro atoms. The molecule has 9 atom stereocenters. The monoisotopic (exact) mass is 464 g/mol. The molecule has 3 fully saturated rings. The molecule has 0 radical (unpaired) electrons. The number of esters is 3. The average Bonchev–Trinajstić information content (AvgIpc) is 3.07. The molecular weight excluding hydrogens is 428 g/mol. The lowest BCUT2D eigenvalue weighted by Gasteiger charge is -2.66. The number of hydrogen-bond acceptors (Lipinski definition) is 8. The first kappa shape index (κ1) is 24.2. The number of ether oxygens (including phenoxy) is 4. The van der Waals surface area contributed by atoms with Crippen LogP contribution in [-0.2, 0) is 33.3 Å². The quantitative estimate of drug-likeness (QED) is 0.500. The van der Waals surface area contributed by atoms with Crippen molar-refractivity contribution in [2.45, 2.75) is 78.3 Å². The Morgan fingerprint density at radius 3 is 2.52 bits per heavy atom. The fourth-order valence-corrected chi connectivity index (χ4v) is 7.90. The molecule has 1 heterocycles. The molecule has 0 aromatic carbocycles. The van der Waals surface area contributed by atoms with Gasteiger partial charge < -0.3 is 24.1 Å². The number of carbonyl (C=O) groups is 3. The van der Waals surface area contributed by atoms with Crippen LogP contribution in [0, 0.1) is 34.5 Å². The Kier molecular flexibility index (Phi) is 5.93. The highest BCUT2D eigenvalue weighted by molar-refractivity contribution is 5.86. The molecule has 0 saturated heterocycles. The second kappa shape index (κ2) is 8.08. The molecule has 8 nitrogen and oxygen atoms in total. The molecule has 2 unspecified atom stereocenters. The van der Waals surface area contributed by atoms with E-state index in [-0.39, 0.29) is 41.7 Å². The van der Waals surface area contributed by atoms with Crippen LogP contribution >= 0.6 is 0 Å². The SMILES string of the molecule is CO[C@@]12CC3[C@@H]([C@@H](O)[C@@H](OC(C)=O)C4[C@](C)(COC(C)=O)CCC[C@]34C)[C@@H](C)C1=CC(=O)O2. The van der Waals surface area contributed by atoms with Crippen molar-refractivity contribution in [2.24, 2.45) is 34.5 Å². The van der Waals surface area contributed by atoms with Crippen LogP contribution in [0.5, 0.6) is 0 Å². The van der Waals surface area contributed by atoms with Crippen LogP contribution in [-0.4, -0.2) is 54.7 Å². The third-order valence-electron chi connectivity index (χ3n) is 9.07. The lowest BCUT2D eigenvalue weighted by atomic mass is 9.41. The first-order valence-electron chi connectivity index (χ1n) is 11.9. The second-order valence-corrected chi connectivity index (χ2v) is 11.0. The Balaban J connectivity index is 1.83. The van der Waals surface area contributed by atoms with Crippen LogP contribution in [0.3, 0.4) is 0 Å². The molecule has 184 valence electrons. The Morgan fingerprint density at radius 1 is 1.21 bits per heavy atom. The van der Waals surface area contributed by atoms with Crippen LogP contribution in [0.2, 0.25) is 0 Å². The first-order chi connectivity index (χ1) is 15.4. The van der Waals surface area contributed by atoms with Crippen molar-refractivity contribution >= 4 is 17.9 Å². The number of aliphatic hydroxyl groups excluding tert-OH is 1. The van der Waals surface area contributed by atoms with Gasteiger partial charge in [-0.15, -0.1) is 0 Å². The summed E-state index contributed by atoms with van der Waals surface area (Å²) in [5.74, 6) is -3.14. The highest BCUT2D eigenvalue weighted by Crippen LogP contribution is 2.67. The van der Waals surface area contributed by atoms with Crippen LogP contribution in [0.15, 0.2) is 11.6 Å². The molecule has 0 amide bonds. The van der Waals surface area contributed by atoms with E-state index in [2.05, 4.69) is 13.8 Å². The summed E-state index contributed by atoms with van der Waals surface area (Å²) in [5, 5.41) is 11.7. The fraction of sp³-hybridized carbons (Fsp3) is 0.800. The zero-order valence-electron chi connectivity index (χ0n) is 20.4. The van der Waals surface area contributed by atoms with Gasteiger partial charge in [-0.3, -0.25) is 9.59 Å². The molecular formula is C25H36O8. The van der Waals surface area contributed by atoms with E-state index in [4.69, 9.17) is 18.9 Å². The van der Waals surface area contributed by atoms with E-state index in [0.717, 1.165) is 24.8 Å². The maximum atomic E-state index is 12.3. The predicted molar refractivity (Wildman–Crippen MR) is 116 cm³/mol. The summed E-state index contributed by atoms with van der Waals surface area (Å²) in [6, 6.07) is 0. The van der Waals surface area contributed by atoms with Gasteiger partial charge in [0.05, 0.1) is 12.7 Å². The van der Waals surface area contributed by atoms with Gasteiger partial charge >= 0.3 is 17.9 Å². The Morgan fingerprint density at radius 2 is 1.91 bits per heavy atom. The minimum atomic E-state index is -1.14. The molecule has 1 aliphatic heterocycles. The minimum absolute atomic E-state index is 0.0562. The zero-order valence-corrected chi connectivity index (χ0v) is 20.4. The van der Waals surface area contributed by atoms with Gasteiger partial charge in [-0.05, 0) is 36.0 Å². The van der Waals surface area contributed by atoms with E-state index >= 15 is 0 Å². The van der Waals surface area contributed by atoms with Gasteiger partial charge in [-0.25, -0.2) is 4.79 Å². The fourth-order valence-electron chi connectivity index (χ4n) is 7.90. The molecule has 1 N–H and O–H groups in total. The molecule has 0 aromatic heterocycles. The second-order valence-electron chi connectivity index (χ2n) is 11.0. The van der Waals surface area contributed by atoms with Gasteiger partial charge in [-0.2, -0.15) is 0 Å². The highest BCUT2D eigenvalue weighted by atomic mass is 16.7. The Labute approximate surface area is 195 Å². The smallest absolute Gasteiger partial charge is 0.333 e. The Hall–Kier alpha value is -1.93. The Bertz CT molecular complexity index is 882. The van der Waals surface area contributed by atoms with Gasteiger partial charge in [0.25, 0.3) is 0 Å². The van der Waals surface area contributed by atoms with Crippen molar-refractivity contribution in [3.8, 4) is 0 Å². The van der Waals surface area contributed by atoms with E-state index in [1.807, 2.05) is 6.92 Å². The van der Waals surface area contributed by atoms with Gasteiger partial charge in [-0.1, -0.05) is 27.2 Å². The topological polar surface area (TPSA) is 108 Å². The third-order valence-corrected chi connectivity index (χ3v) is 9.07. The summed E-state index contributed by atoms with van der Waals surface area (Å²) in [6.07, 6.45) is 2.79. The van der Waals surface area contributed by atoms with Crippen molar-refractivity contribution in [1.29, 1.82) is 0 Å². The summed E-state index contributed by atoms with van der Waals surface area (Å²) in [7, 11) is 1.55. The normalized spacial score (nSPS) is 46.3.